The van der Waals surface area contributed by atoms with Gasteiger partial charge in [0.05, 0.1) is 25.6 Å². The second-order valence-electron chi connectivity index (χ2n) is 8.06. The van der Waals surface area contributed by atoms with E-state index in [1.165, 1.54) is 0 Å². The van der Waals surface area contributed by atoms with E-state index in [0.29, 0.717) is 13.1 Å². The Kier molecular flexibility index (Phi) is 7.86. The summed E-state index contributed by atoms with van der Waals surface area (Å²) in [7, 11) is -3.50. The SMILES string of the molecule is CC(C)(C)OC(=O)N1CCCC(C(OCCOS(C)(=O)=O)c2ccccc2)C1. The van der Waals surface area contributed by atoms with Crippen LogP contribution in [0.3, 0.4) is 0 Å². The van der Waals surface area contributed by atoms with Gasteiger partial charge in [-0.2, -0.15) is 8.42 Å². The summed E-state index contributed by atoms with van der Waals surface area (Å²) in [4.78, 5) is 14.2. The van der Waals surface area contributed by atoms with Gasteiger partial charge in [0.1, 0.15) is 5.60 Å². The first-order valence-electron chi connectivity index (χ1n) is 9.54. The maximum Gasteiger partial charge on any atom is 0.410 e. The summed E-state index contributed by atoms with van der Waals surface area (Å²) in [6, 6.07) is 9.77. The quantitative estimate of drug-likeness (QED) is 0.503. The normalized spacial score (nSPS) is 19.3. The molecule has 1 aromatic rings. The Morgan fingerprint density at radius 2 is 1.89 bits per heavy atom. The van der Waals surface area contributed by atoms with Gasteiger partial charge in [0.2, 0.25) is 0 Å². The topological polar surface area (TPSA) is 82.1 Å². The minimum absolute atomic E-state index is 0.0370. The van der Waals surface area contributed by atoms with Crippen molar-refractivity contribution in [1.82, 2.24) is 4.90 Å². The Morgan fingerprint density at radius 1 is 1.21 bits per heavy atom. The Labute approximate surface area is 168 Å². The van der Waals surface area contributed by atoms with Crippen LogP contribution in [-0.2, 0) is 23.8 Å². The summed E-state index contributed by atoms with van der Waals surface area (Å²) in [6.07, 6.45) is 2.21. The molecule has 1 aliphatic rings. The van der Waals surface area contributed by atoms with E-state index in [4.69, 9.17) is 13.7 Å². The molecule has 2 unspecified atom stereocenters. The average molecular weight is 414 g/mol. The first-order valence-corrected chi connectivity index (χ1v) is 11.4. The zero-order valence-electron chi connectivity index (χ0n) is 17.1. The number of benzene rings is 1. The van der Waals surface area contributed by atoms with Crippen LogP contribution in [0.2, 0.25) is 0 Å². The number of ether oxygens (including phenoxy) is 2. The van der Waals surface area contributed by atoms with E-state index in [1.807, 2.05) is 51.1 Å². The highest BCUT2D eigenvalue weighted by atomic mass is 32.2. The van der Waals surface area contributed by atoms with Crippen LogP contribution in [0.1, 0.15) is 45.3 Å². The molecule has 158 valence electrons. The van der Waals surface area contributed by atoms with Crippen LogP contribution in [0.4, 0.5) is 4.79 Å². The number of nitrogens with zero attached hydrogens (tertiary/aromatic N) is 1. The standard InChI is InChI=1S/C20H31NO6S/c1-20(2,3)27-19(22)21-12-8-11-17(15-21)18(16-9-6-5-7-10-16)25-13-14-26-28(4,23)24/h5-7,9-10,17-18H,8,11-15H2,1-4H3. The second-order valence-corrected chi connectivity index (χ2v) is 9.70. The largest absolute Gasteiger partial charge is 0.444 e. The number of amides is 1. The third kappa shape index (κ3) is 7.77. The molecule has 7 nitrogen and oxygen atoms in total. The van der Waals surface area contributed by atoms with Crippen LogP contribution in [0.15, 0.2) is 30.3 Å². The summed E-state index contributed by atoms with van der Waals surface area (Å²) in [5.41, 5.74) is 0.459. The van der Waals surface area contributed by atoms with Crippen molar-refractivity contribution in [2.75, 3.05) is 32.6 Å². The molecular formula is C20H31NO6S. The lowest BCUT2D eigenvalue weighted by Gasteiger charge is -2.37. The van der Waals surface area contributed by atoms with Crippen molar-refractivity contribution < 1.29 is 26.9 Å². The molecule has 2 atom stereocenters. The maximum atomic E-state index is 12.5. The third-order valence-corrected chi connectivity index (χ3v) is 4.94. The number of likely N-dealkylation sites (tertiary alicyclic amines) is 1. The number of carbonyl (C=O) groups excluding carboxylic acids is 1. The van der Waals surface area contributed by atoms with Gasteiger partial charge in [-0.05, 0) is 39.2 Å². The Morgan fingerprint density at radius 3 is 2.50 bits per heavy atom. The van der Waals surface area contributed by atoms with E-state index in [2.05, 4.69) is 0 Å². The molecule has 8 heteroatoms. The van der Waals surface area contributed by atoms with Crippen molar-refractivity contribution in [1.29, 1.82) is 0 Å². The molecular weight excluding hydrogens is 382 g/mol. The van der Waals surface area contributed by atoms with Gasteiger partial charge in [0, 0.05) is 19.0 Å². The molecule has 28 heavy (non-hydrogen) atoms. The zero-order valence-corrected chi connectivity index (χ0v) is 17.9. The van der Waals surface area contributed by atoms with Crippen LogP contribution >= 0.6 is 0 Å². The summed E-state index contributed by atoms with van der Waals surface area (Å²) >= 11 is 0. The fourth-order valence-electron chi connectivity index (χ4n) is 3.26. The van der Waals surface area contributed by atoms with E-state index >= 15 is 0 Å². The Hall–Kier alpha value is -1.64. The Bertz CT molecular complexity index is 729. The molecule has 0 spiro atoms. The van der Waals surface area contributed by atoms with Gasteiger partial charge in [-0.15, -0.1) is 0 Å². The molecule has 0 aliphatic carbocycles. The van der Waals surface area contributed by atoms with Crippen LogP contribution in [0, 0.1) is 5.92 Å². The fourth-order valence-corrected chi connectivity index (χ4v) is 3.63. The van der Waals surface area contributed by atoms with Crippen LogP contribution in [-0.4, -0.2) is 57.6 Å². The number of piperidine rings is 1. The van der Waals surface area contributed by atoms with E-state index < -0.39 is 15.7 Å². The highest BCUT2D eigenvalue weighted by molar-refractivity contribution is 7.85. The lowest BCUT2D eigenvalue weighted by atomic mass is 9.88. The van der Waals surface area contributed by atoms with Crippen molar-refractivity contribution in [2.45, 2.75) is 45.3 Å². The Balaban J connectivity index is 2.06. The molecule has 0 saturated carbocycles. The first kappa shape index (κ1) is 22.6. The van der Waals surface area contributed by atoms with Crippen molar-refractivity contribution in [3.8, 4) is 0 Å². The second kappa shape index (κ2) is 9.71. The molecule has 0 bridgehead atoms. The number of hydrogen-bond acceptors (Lipinski definition) is 6. The van der Waals surface area contributed by atoms with Crippen molar-refractivity contribution in [2.24, 2.45) is 5.92 Å². The first-order chi connectivity index (χ1) is 13.1. The molecule has 1 aromatic carbocycles. The molecule has 0 radical (unpaired) electrons. The molecule has 2 rings (SSSR count). The summed E-state index contributed by atoms with van der Waals surface area (Å²) in [6.45, 7) is 6.85. The van der Waals surface area contributed by atoms with E-state index in [-0.39, 0.29) is 31.3 Å². The van der Waals surface area contributed by atoms with E-state index in [1.54, 1.807) is 4.90 Å². The zero-order chi connectivity index (χ0) is 20.8. The highest BCUT2D eigenvalue weighted by Crippen LogP contribution is 2.33. The lowest BCUT2D eigenvalue weighted by molar-refractivity contribution is -0.0322. The predicted octanol–water partition coefficient (Wildman–Crippen LogP) is 3.37. The van der Waals surface area contributed by atoms with Crippen molar-refractivity contribution in [3.63, 3.8) is 0 Å². The van der Waals surface area contributed by atoms with Gasteiger partial charge in [-0.3, -0.25) is 4.18 Å². The molecule has 0 N–H and O–H groups in total. The molecule has 1 fully saturated rings. The summed E-state index contributed by atoms with van der Waals surface area (Å²) < 4.78 is 38.6. The highest BCUT2D eigenvalue weighted by Gasteiger charge is 2.33. The maximum absolute atomic E-state index is 12.5. The minimum atomic E-state index is -3.50. The van der Waals surface area contributed by atoms with Gasteiger partial charge in [0.15, 0.2) is 0 Å². The van der Waals surface area contributed by atoms with Crippen LogP contribution < -0.4 is 0 Å². The molecule has 1 heterocycles. The molecule has 0 aromatic heterocycles. The van der Waals surface area contributed by atoms with Gasteiger partial charge >= 0.3 is 6.09 Å². The van der Waals surface area contributed by atoms with Gasteiger partial charge < -0.3 is 14.4 Å². The predicted molar refractivity (Wildman–Crippen MR) is 106 cm³/mol. The molecule has 1 saturated heterocycles. The fraction of sp³-hybridized carbons (Fsp3) is 0.650. The van der Waals surface area contributed by atoms with Crippen molar-refractivity contribution in [3.05, 3.63) is 35.9 Å². The van der Waals surface area contributed by atoms with Gasteiger partial charge in [-0.25, -0.2) is 4.79 Å². The van der Waals surface area contributed by atoms with Gasteiger partial charge in [0.25, 0.3) is 10.1 Å². The smallest absolute Gasteiger partial charge is 0.410 e. The number of carbonyl (C=O) groups is 1. The molecule has 1 amide bonds. The van der Waals surface area contributed by atoms with Crippen LogP contribution in [0.5, 0.6) is 0 Å². The van der Waals surface area contributed by atoms with E-state index in [9.17, 15) is 13.2 Å². The van der Waals surface area contributed by atoms with Crippen molar-refractivity contribution >= 4 is 16.2 Å². The molecule has 1 aliphatic heterocycles. The van der Waals surface area contributed by atoms with Crippen LogP contribution in [0.25, 0.3) is 0 Å². The summed E-state index contributed by atoms with van der Waals surface area (Å²) in [5, 5.41) is 0. The third-order valence-electron chi connectivity index (χ3n) is 4.34. The average Bonchev–Trinajstić information content (AvgIpc) is 2.60. The van der Waals surface area contributed by atoms with E-state index in [0.717, 1.165) is 24.7 Å². The summed E-state index contributed by atoms with van der Waals surface area (Å²) in [5.74, 6) is 0.0851. The number of hydrogen-bond donors (Lipinski definition) is 0. The minimum Gasteiger partial charge on any atom is -0.444 e. The lowest BCUT2D eigenvalue weighted by Crippen LogP contribution is -2.44. The number of rotatable bonds is 7. The monoisotopic (exact) mass is 413 g/mol. The van der Waals surface area contributed by atoms with Gasteiger partial charge in [-0.1, -0.05) is 30.3 Å².